The van der Waals surface area contributed by atoms with Crippen molar-refractivity contribution in [1.29, 1.82) is 0 Å². The molecule has 1 heterocycles. The van der Waals surface area contributed by atoms with Crippen LogP contribution in [0, 0.1) is 6.92 Å². The maximum Gasteiger partial charge on any atom is 0.267 e. The second kappa shape index (κ2) is 10.3. The van der Waals surface area contributed by atoms with Gasteiger partial charge in [0.2, 0.25) is 5.91 Å². The van der Waals surface area contributed by atoms with Crippen LogP contribution in [0.25, 0.3) is 0 Å². The van der Waals surface area contributed by atoms with Crippen LogP contribution in [0.1, 0.15) is 18.1 Å². The van der Waals surface area contributed by atoms with Crippen molar-refractivity contribution in [3.63, 3.8) is 0 Å². The Kier molecular flexibility index (Phi) is 7.01. The third kappa shape index (κ3) is 5.49. The lowest BCUT2D eigenvalue weighted by molar-refractivity contribution is -0.125. The number of hydrogen-bond acceptors (Lipinski definition) is 5. The van der Waals surface area contributed by atoms with E-state index in [-0.39, 0.29) is 18.2 Å². The minimum atomic E-state index is -0.628. The molecule has 7 nitrogen and oxygen atoms in total. The zero-order valence-corrected chi connectivity index (χ0v) is 19.5. The molecular formula is C27H28N2O5. The lowest BCUT2D eigenvalue weighted by Gasteiger charge is -2.33. The van der Waals surface area contributed by atoms with Gasteiger partial charge in [0.25, 0.3) is 5.91 Å². The van der Waals surface area contributed by atoms with Crippen LogP contribution in [0.2, 0.25) is 0 Å². The number of benzene rings is 3. The van der Waals surface area contributed by atoms with E-state index >= 15 is 0 Å². The molecule has 176 valence electrons. The molecule has 1 unspecified atom stereocenters. The van der Waals surface area contributed by atoms with E-state index in [1.807, 2.05) is 55.5 Å². The molecule has 1 aliphatic rings. The Morgan fingerprint density at radius 2 is 1.85 bits per heavy atom. The van der Waals surface area contributed by atoms with E-state index < -0.39 is 6.10 Å². The summed E-state index contributed by atoms with van der Waals surface area (Å²) in [5.41, 5.74) is 3.26. The minimum absolute atomic E-state index is 0.128. The number of nitrogens with zero attached hydrogens (tertiary/aromatic N) is 1. The number of nitrogens with one attached hydrogen (secondary N) is 1. The zero-order valence-electron chi connectivity index (χ0n) is 19.5. The van der Waals surface area contributed by atoms with Gasteiger partial charge < -0.3 is 24.4 Å². The second-order valence-electron chi connectivity index (χ2n) is 8.17. The van der Waals surface area contributed by atoms with E-state index in [0.717, 1.165) is 22.6 Å². The summed E-state index contributed by atoms with van der Waals surface area (Å²) in [4.78, 5) is 27.0. The van der Waals surface area contributed by atoms with Crippen LogP contribution in [-0.4, -0.2) is 38.2 Å². The molecule has 1 atom stereocenters. The molecule has 1 N–H and O–H groups in total. The Labute approximate surface area is 199 Å². The predicted octanol–water partition coefficient (Wildman–Crippen LogP) is 4.38. The summed E-state index contributed by atoms with van der Waals surface area (Å²) >= 11 is 0. The standard InChI is InChI=1S/C27H28N2O5/c1-18-5-4-6-23(15-18)33-14-13-29-24-12-9-21(17-25(24)34-19(2)27(29)31)28-26(30)16-20-7-10-22(32-3)11-8-20/h4-12,15,17,19H,13-14,16H2,1-3H3,(H,28,30). The number of fused-ring (bicyclic) bond motifs is 1. The maximum absolute atomic E-state index is 12.8. The Balaban J connectivity index is 1.41. The van der Waals surface area contributed by atoms with Crippen molar-refractivity contribution >= 4 is 23.2 Å². The summed E-state index contributed by atoms with van der Waals surface area (Å²) < 4.78 is 16.8. The lowest BCUT2D eigenvalue weighted by atomic mass is 10.1. The fourth-order valence-electron chi connectivity index (χ4n) is 3.81. The van der Waals surface area contributed by atoms with Gasteiger partial charge in [0.05, 0.1) is 25.8 Å². The highest BCUT2D eigenvalue weighted by atomic mass is 16.5. The summed E-state index contributed by atoms with van der Waals surface area (Å²) in [5, 5.41) is 2.90. The van der Waals surface area contributed by atoms with Crippen molar-refractivity contribution in [2.75, 3.05) is 30.5 Å². The largest absolute Gasteiger partial charge is 0.497 e. The maximum atomic E-state index is 12.8. The lowest BCUT2D eigenvalue weighted by Crippen LogP contribution is -2.46. The molecule has 3 aromatic carbocycles. The Morgan fingerprint density at radius 3 is 2.59 bits per heavy atom. The van der Waals surface area contributed by atoms with Gasteiger partial charge in [-0.15, -0.1) is 0 Å². The van der Waals surface area contributed by atoms with Gasteiger partial charge >= 0.3 is 0 Å². The number of carbonyl (C=O) groups is 2. The van der Waals surface area contributed by atoms with E-state index in [1.165, 1.54) is 0 Å². The average Bonchev–Trinajstić information content (AvgIpc) is 2.82. The third-order valence-electron chi connectivity index (χ3n) is 5.55. The van der Waals surface area contributed by atoms with Gasteiger partial charge in [0.1, 0.15) is 23.9 Å². The smallest absolute Gasteiger partial charge is 0.267 e. The highest BCUT2D eigenvalue weighted by molar-refractivity contribution is 6.00. The number of hydrogen-bond donors (Lipinski definition) is 1. The summed E-state index contributed by atoms with van der Waals surface area (Å²) in [6.07, 6.45) is -0.393. The van der Waals surface area contributed by atoms with E-state index in [1.54, 1.807) is 37.1 Å². The fourth-order valence-corrected chi connectivity index (χ4v) is 3.81. The fraction of sp³-hybridized carbons (Fsp3) is 0.259. The number of methoxy groups -OCH3 is 1. The second-order valence-corrected chi connectivity index (χ2v) is 8.17. The van der Waals surface area contributed by atoms with E-state index in [9.17, 15) is 9.59 Å². The molecule has 0 bridgehead atoms. The van der Waals surface area contributed by atoms with Crippen LogP contribution in [0.5, 0.6) is 17.2 Å². The molecule has 0 radical (unpaired) electrons. The first-order valence-electron chi connectivity index (χ1n) is 11.2. The van der Waals surface area contributed by atoms with E-state index in [4.69, 9.17) is 14.2 Å². The third-order valence-corrected chi connectivity index (χ3v) is 5.55. The number of ether oxygens (including phenoxy) is 3. The highest BCUT2D eigenvalue weighted by Gasteiger charge is 2.31. The number of aryl methyl sites for hydroxylation is 1. The number of anilines is 2. The van der Waals surface area contributed by atoms with Gasteiger partial charge in [-0.1, -0.05) is 24.3 Å². The molecule has 0 aromatic heterocycles. The monoisotopic (exact) mass is 460 g/mol. The van der Waals surface area contributed by atoms with Crippen molar-refractivity contribution < 1.29 is 23.8 Å². The SMILES string of the molecule is COc1ccc(CC(=O)Nc2ccc3c(c2)OC(C)C(=O)N3CCOc2cccc(C)c2)cc1. The molecule has 7 heteroatoms. The van der Waals surface area contributed by atoms with Crippen molar-refractivity contribution in [2.45, 2.75) is 26.4 Å². The molecule has 0 spiro atoms. The number of amides is 2. The molecule has 0 aliphatic carbocycles. The van der Waals surface area contributed by atoms with Crippen LogP contribution in [-0.2, 0) is 16.0 Å². The van der Waals surface area contributed by atoms with Crippen LogP contribution in [0.4, 0.5) is 11.4 Å². The molecule has 0 saturated carbocycles. The summed E-state index contributed by atoms with van der Waals surface area (Å²) in [5.74, 6) is 1.78. The predicted molar refractivity (Wildman–Crippen MR) is 131 cm³/mol. The van der Waals surface area contributed by atoms with Crippen molar-refractivity contribution in [2.24, 2.45) is 0 Å². The van der Waals surface area contributed by atoms with Gasteiger partial charge in [-0.3, -0.25) is 9.59 Å². The molecule has 34 heavy (non-hydrogen) atoms. The van der Waals surface area contributed by atoms with Crippen LogP contribution >= 0.6 is 0 Å². The van der Waals surface area contributed by atoms with Crippen molar-refractivity contribution in [1.82, 2.24) is 0 Å². The summed E-state index contributed by atoms with van der Waals surface area (Å²) in [6.45, 7) is 4.45. The summed E-state index contributed by atoms with van der Waals surface area (Å²) in [6, 6.07) is 20.5. The van der Waals surface area contributed by atoms with E-state index in [2.05, 4.69) is 5.32 Å². The van der Waals surface area contributed by atoms with Crippen LogP contribution in [0.15, 0.2) is 66.7 Å². The average molecular weight is 461 g/mol. The topological polar surface area (TPSA) is 77.1 Å². The molecule has 0 saturated heterocycles. The zero-order chi connectivity index (χ0) is 24.1. The van der Waals surface area contributed by atoms with E-state index in [0.29, 0.717) is 30.3 Å². The van der Waals surface area contributed by atoms with Crippen LogP contribution in [0.3, 0.4) is 0 Å². The van der Waals surface area contributed by atoms with Gasteiger partial charge in [-0.25, -0.2) is 0 Å². The molecule has 2 amide bonds. The van der Waals surface area contributed by atoms with Crippen molar-refractivity contribution in [3.05, 3.63) is 77.9 Å². The first kappa shape index (κ1) is 23.2. The first-order chi connectivity index (χ1) is 16.4. The Hall–Kier alpha value is -4.00. The summed E-state index contributed by atoms with van der Waals surface area (Å²) in [7, 11) is 1.60. The Bertz CT molecular complexity index is 1180. The molecule has 1 aliphatic heterocycles. The van der Waals surface area contributed by atoms with Crippen molar-refractivity contribution in [3.8, 4) is 17.2 Å². The normalized spacial score (nSPS) is 14.7. The Morgan fingerprint density at radius 1 is 1.06 bits per heavy atom. The van der Waals surface area contributed by atoms with Gasteiger partial charge in [0, 0.05) is 11.8 Å². The number of carbonyl (C=O) groups excluding carboxylic acids is 2. The molecule has 4 rings (SSSR count). The van der Waals surface area contributed by atoms with Gasteiger partial charge in [0.15, 0.2) is 6.10 Å². The number of rotatable bonds is 8. The van der Waals surface area contributed by atoms with Gasteiger partial charge in [-0.05, 0) is 61.4 Å². The van der Waals surface area contributed by atoms with Gasteiger partial charge in [-0.2, -0.15) is 0 Å². The highest BCUT2D eigenvalue weighted by Crippen LogP contribution is 2.36. The quantitative estimate of drug-likeness (QED) is 0.540. The minimum Gasteiger partial charge on any atom is -0.497 e. The first-order valence-corrected chi connectivity index (χ1v) is 11.2. The molecule has 3 aromatic rings. The van der Waals surface area contributed by atoms with Crippen LogP contribution < -0.4 is 24.4 Å². The molecular weight excluding hydrogens is 432 g/mol. The molecule has 0 fully saturated rings.